The Balaban J connectivity index is 1.34. The summed E-state index contributed by atoms with van der Waals surface area (Å²) in [5.74, 6) is 0.158. The van der Waals surface area contributed by atoms with E-state index >= 15 is 0 Å². The van der Waals surface area contributed by atoms with Crippen LogP contribution in [0.5, 0.6) is 0 Å². The Bertz CT molecular complexity index is 1940. The Kier molecular flexibility index (Phi) is 5.30. The Morgan fingerprint density at radius 2 is 1.86 bits per heavy atom. The van der Waals surface area contributed by atoms with Crippen LogP contribution in [-0.4, -0.2) is 60.8 Å². The van der Waals surface area contributed by atoms with Crippen LogP contribution in [0, 0.1) is 11.3 Å². The van der Waals surface area contributed by atoms with E-state index in [9.17, 15) is 10.1 Å². The summed E-state index contributed by atoms with van der Waals surface area (Å²) in [6, 6.07) is 11.1. The van der Waals surface area contributed by atoms with Crippen LogP contribution < -0.4 is 4.90 Å². The van der Waals surface area contributed by atoms with Gasteiger partial charge in [-0.3, -0.25) is 14.4 Å². The first-order valence-electron chi connectivity index (χ1n) is 14.9. The highest BCUT2D eigenvalue weighted by Crippen LogP contribution is 2.55. The van der Waals surface area contributed by atoms with E-state index in [1.54, 1.807) is 0 Å². The second-order valence-corrected chi connectivity index (χ2v) is 12.6. The lowest BCUT2D eigenvalue weighted by molar-refractivity contribution is -0.126. The maximum atomic E-state index is 14.3. The first kappa shape index (κ1) is 25.3. The third kappa shape index (κ3) is 3.30. The number of nitrogens with zero attached hydrogens (tertiary/aromatic N) is 7. The third-order valence-corrected chi connectivity index (χ3v) is 10.5. The largest absolute Gasteiger partial charge is 0.357 e. The topological polar surface area (TPSA) is 98.8 Å². The highest BCUT2D eigenvalue weighted by Gasteiger charge is 2.55. The van der Waals surface area contributed by atoms with Crippen LogP contribution in [0.2, 0.25) is 0 Å². The summed E-state index contributed by atoms with van der Waals surface area (Å²) in [7, 11) is 5.88. The van der Waals surface area contributed by atoms with E-state index in [1.165, 1.54) is 6.42 Å². The van der Waals surface area contributed by atoms with Crippen molar-refractivity contribution in [3.63, 3.8) is 0 Å². The molecule has 2 fully saturated rings. The Hall–Kier alpha value is -4.42. The molecule has 1 N–H and O–H groups in total. The van der Waals surface area contributed by atoms with Gasteiger partial charge in [0, 0.05) is 79.6 Å². The molecule has 9 nitrogen and oxygen atoms in total. The number of nitriles is 1. The molecular formula is C33H34N8O. The molecule has 4 aromatic heterocycles. The summed E-state index contributed by atoms with van der Waals surface area (Å²) in [6.07, 6.45) is 13.3. The first-order chi connectivity index (χ1) is 20.3. The number of amides is 1. The molecule has 1 aliphatic carbocycles. The van der Waals surface area contributed by atoms with Gasteiger partial charge in [-0.05, 0) is 55.9 Å². The van der Waals surface area contributed by atoms with Crippen molar-refractivity contribution >= 4 is 33.5 Å². The van der Waals surface area contributed by atoms with Crippen molar-refractivity contribution < 1.29 is 4.79 Å². The van der Waals surface area contributed by atoms with Gasteiger partial charge < -0.3 is 14.5 Å². The van der Waals surface area contributed by atoms with Crippen LogP contribution in [0.1, 0.15) is 44.1 Å². The molecule has 0 atom stereocenters. The molecule has 5 aromatic rings. The average Bonchev–Trinajstić information content (AvgIpc) is 3.73. The van der Waals surface area contributed by atoms with E-state index in [2.05, 4.69) is 62.3 Å². The smallest absolute Gasteiger partial charge is 0.237 e. The number of hydrogen-bond donors (Lipinski definition) is 1. The van der Waals surface area contributed by atoms with Crippen LogP contribution in [0.15, 0.2) is 49.1 Å². The SMILES string of the molecule is CN1C(=O)C2(CCN(C3(CC#N)CCC3)CC2)c2c1cnc1[nH]c(-c3ccn(C)c3)c(-c3ccc4c(cnn4C)c3)c21. The number of nitrogens with one attached hydrogen (secondary N) is 1. The summed E-state index contributed by atoms with van der Waals surface area (Å²) in [5, 5.41) is 16.2. The normalized spacial score (nSPS) is 19.5. The van der Waals surface area contributed by atoms with E-state index in [-0.39, 0.29) is 11.4 Å². The average molecular weight is 559 g/mol. The second kappa shape index (κ2) is 8.79. The number of aryl methyl sites for hydroxylation is 2. The Morgan fingerprint density at radius 1 is 1.05 bits per heavy atom. The van der Waals surface area contributed by atoms with Crippen LogP contribution in [0.25, 0.3) is 44.3 Å². The number of pyridine rings is 1. The van der Waals surface area contributed by atoms with E-state index in [4.69, 9.17) is 4.98 Å². The number of H-pyrrole nitrogens is 1. The van der Waals surface area contributed by atoms with Gasteiger partial charge in [-0.25, -0.2) is 4.98 Å². The van der Waals surface area contributed by atoms with Crippen LogP contribution in [0.3, 0.4) is 0 Å². The van der Waals surface area contributed by atoms with Crippen molar-refractivity contribution in [1.82, 2.24) is 29.2 Å². The quantitative estimate of drug-likeness (QED) is 0.324. The van der Waals surface area contributed by atoms with Crippen LogP contribution >= 0.6 is 0 Å². The maximum Gasteiger partial charge on any atom is 0.237 e. The zero-order valence-electron chi connectivity index (χ0n) is 24.3. The fourth-order valence-electron chi connectivity index (χ4n) is 8.06. The van der Waals surface area contributed by atoms with E-state index in [0.717, 1.165) is 94.3 Å². The second-order valence-electron chi connectivity index (χ2n) is 12.6. The van der Waals surface area contributed by atoms with Crippen LogP contribution in [0.4, 0.5) is 5.69 Å². The Labute approximate surface area is 244 Å². The zero-order chi connectivity index (χ0) is 28.8. The summed E-state index contributed by atoms with van der Waals surface area (Å²) >= 11 is 0. The summed E-state index contributed by atoms with van der Waals surface area (Å²) in [6.45, 7) is 1.63. The molecular weight excluding hydrogens is 524 g/mol. The fraction of sp³-hybridized carbons (Fsp3) is 0.394. The molecule has 8 rings (SSSR count). The van der Waals surface area contributed by atoms with Crippen molar-refractivity contribution in [2.45, 2.75) is 49.5 Å². The number of aromatic amines is 1. The predicted octanol–water partition coefficient (Wildman–Crippen LogP) is 5.27. The fourth-order valence-corrected chi connectivity index (χ4v) is 8.06. The number of likely N-dealkylation sites (tertiary alicyclic amines) is 1. The van der Waals surface area contributed by atoms with Gasteiger partial charge in [0.25, 0.3) is 0 Å². The van der Waals surface area contributed by atoms with Gasteiger partial charge in [-0.1, -0.05) is 6.07 Å². The third-order valence-electron chi connectivity index (χ3n) is 10.5. The summed E-state index contributed by atoms with van der Waals surface area (Å²) < 4.78 is 3.95. The van der Waals surface area contributed by atoms with E-state index in [1.807, 2.05) is 43.1 Å². The molecule has 0 unspecified atom stereocenters. The molecule has 1 spiro atoms. The lowest BCUT2D eigenvalue weighted by Crippen LogP contribution is -2.59. The molecule has 42 heavy (non-hydrogen) atoms. The van der Waals surface area contributed by atoms with Crippen molar-refractivity contribution in [2.75, 3.05) is 25.0 Å². The minimum Gasteiger partial charge on any atom is -0.357 e. The minimum atomic E-state index is -0.622. The van der Waals surface area contributed by atoms with Gasteiger partial charge in [0.2, 0.25) is 5.91 Å². The molecule has 6 heterocycles. The number of anilines is 1. The standard InChI is InChI=1S/C33H34N8O/c1-38-14-7-22(20-38)29-26(21-5-6-24-23(17-21)18-36-40(24)3)27-28-25(19-35-30(27)37-29)39(2)31(42)33(28)11-15-41(16-12-33)32(10-13-34)8-4-9-32/h5-7,14,17-20H,4,8-12,15-16H2,1-3H3,(H,35,37). The summed E-state index contributed by atoms with van der Waals surface area (Å²) in [4.78, 5) is 27.2. The van der Waals surface area contributed by atoms with Crippen LogP contribution in [-0.2, 0) is 24.3 Å². The molecule has 3 aliphatic rings. The number of fused-ring (bicyclic) bond motifs is 5. The first-order valence-corrected chi connectivity index (χ1v) is 14.9. The molecule has 9 heteroatoms. The van der Waals surface area contributed by atoms with Crippen molar-refractivity contribution in [2.24, 2.45) is 14.1 Å². The van der Waals surface area contributed by atoms with E-state index in [0.29, 0.717) is 6.42 Å². The number of benzene rings is 1. The van der Waals surface area contributed by atoms with Gasteiger partial charge >= 0.3 is 0 Å². The highest BCUT2D eigenvalue weighted by molar-refractivity contribution is 6.16. The minimum absolute atomic E-state index is 0.0147. The Morgan fingerprint density at radius 3 is 2.55 bits per heavy atom. The van der Waals surface area contributed by atoms with Gasteiger partial charge in [-0.15, -0.1) is 0 Å². The molecule has 1 saturated heterocycles. The lowest BCUT2D eigenvalue weighted by atomic mass is 9.68. The number of carbonyl (C=O) groups excluding carboxylic acids is 1. The number of likely N-dealkylation sites (N-methyl/N-ethyl adjacent to an activating group) is 1. The van der Waals surface area contributed by atoms with E-state index < -0.39 is 5.41 Å². The van der Waals surface area contributed by atoms with Gasteiger partial charge in [0.1, 0.15) is 5.65 Å². The van der Waals surface area contributed by atoms with Gasteiger partial charge in [0.15, 0.2) is 0 Å². The van der Waals surface area contributed by atoms with Crippen molar-refractivity contribution in [3.8, 4) is 28.5 Å². The molecule has 1 amide bonds. The zero-order valence-corrected chi connectivity index (χ0v) is 24.3. The molecule has 212 valence electrons. The molecule has 1 aromatic carbocycles. The predicted molar refractivity (Wildman–Crippen MR) is 163 cm³/mol. The number of rotatable bonds is 4. The van der Waals surface area contributed by atoms with Gasteiger partial charge in [-0.2, -0.15) is 10.4 Å². The maximum absolute atomic E-state index is 14.3. The number of aromatic nitrogens is 5. The number of piperidine rings is 1. The highest BCUT2D eigenvalue weighted by atomic mass is 16.2. The lowest BCUT2D eigenvalue weighted by Gasteiger charge is -2.53. The number of carbonyl (C=O) groups is 1. The monoisotopic (exact) mass is 558 g/mol. The van der Waals surface area contributed by atoms with Crippen molar-refractivity contribution in [1.29, 1.82) is 5.26 Å². The molecule has 0 radical (unpaired) electrons. The number of hydrogen-bond acceptors (Lipinski definition) is 5. The van der Waals surface area contributed by atoms with Gasteiger partial charge in [0.05, 0.1) is 47.2 Å². The molecule has 0 bridgehead atoms. The van der Waals surface area contributed by atoms with Crippen molar-refractivity contribution in [3.05, 3.63) is 54.6 Å². The molecule has 1 saturated carbocycles. The molecule has 2 aliphatic heterocycles. The summed E-state index contributed by atoms with van der Waals surface area (Å²) in [5.41, 5.74) is 7.48.